The maximum atomic E-state index is 12.6. The highest BCUT2D eigenvalue weighted by Gasteiger charge is 2.31. The van der Waals surface area contributed by atoms with Gasteiger partial charge in [0, 0.05) is 42.0 Å². The molecule has 6 heteroatoms. The predicted molar refractivity (Wildman–Crippen MR) is 91.9 cm³/mol. The van der Waals surface area contributed by atoms with Crippen molar-refractivity contribution in [2.24, 2.45) is 0 Å². The van der Waals surface area contributed by atoms with Gasteiger partial charge in [-0.05, 0) is 39.7 Å². The molecule has 3 rings (SSSR count). The highest BCUT2D eigenvalue weighted by molar-refractivity contribution is 7.12. The Morgan fingerprint density at radius 3 is 2.39 bits per heavy atom. The van der Waals surface area contributed by atoms with Gasteiger partial charge in [0.1, 0.15) is 0 Å². The number of nitrogens with zero attached hydrogens (tertiary/aromatic N) is 2. The second-order valence-electron chi connectivity index (χ2n) is 6.61. The Morgan fingerprint density at radius 2 is 1.87 bits per heavy atom. The summed E-state index contributed by atoms with van der Waals surface area (Å²) in [5, 5.41) is 3.06. The molecule has 2 fully saturated rings. The van der Waals surface area contributed by atoms with Gasteiger partial charge in [0.2, 0.25) is 5.91 Å². The second kappa shape index (κ2) is 6.61. The zero-order chi connectivity index (χ0) is 16.6. The number of thiophene rings is 1. The van der Waals surface area contributed by atoms with Crippen molar-refractivity contribution in [1.29, 1.82) is 0 Å². The van der Waals surface area contributed by atoms with Gasteiger partial charge < -0.3 is 10.2 Å². The Bertz CT molecular complexity index is 601. The standard InChI is InChI=1S/C17H25N3O2S/c1-11-10-15(13(3)23-11)17(22)20-8-6-19(7-9-20)12(2)16(21)18-14-4-5-14/h10,12,14H,4-9H2,1-3H3,(H,18,21). The van der Waals surface area contributed by atoms with E-state index in [2.05, 4.69) is 10.2 Å². The van der Waals surface area contributed by atoms with E-state index in [1.54, 1.807) is 11.3 Å². The third-order valence-electron chi connectivity index (χ3n) is 4.72. The topological polar surface area (TPSA) is 52.7 Å². The number of hydrogen-bond donors (Lipinski definition) is 1. The van der Waals surface area contributed by atoms with Crippen LogP contribution in [0.3, 0.4) is 0 Å². The molecule has 2 heterocycles. The van der Waals surface area contributed by atoms with E-state index in [1.165, 1.54) is 4.88 Å². The normalized spacial score (nSPS) is 20.4. The Kier molecular flexibility index (Phi) is 4.73. The van der Waals surface area contributed by atoms with Crippen molar-refractivity contribution in [3.63, 3.8) is 0 Å². The maximum Gasteiger partial charge on any atom is 0.255 e. The maximum absolute atomic E-state index is 12.6. The van der Waals surface area contributed by atoms with Gasteiger partial charge >= 0.3 is 0 Å². The summed E-state index contributed by atoms with van der Waals surface area (Å²) in [6.07, 6.45) is 2.22. The first kappa shape index (κ1) is 16.5. The molecule has 2 amide bonds. The number of amides is 2. The van der Waals surface area contributed by atoms with Crippen LogP contribution in [0.2, 0.25) is 0 Å². The zero-order valence-electron chi connectivity index (χ0n) is 14.1. The number of nitrogens with one attached hydrogen (secondary N) is 1. The minimum Gasteiger partial charge on any atom is -0.352 e. The summed E-state index contributed by atoms with van der Waals surface area (Å²) < 4.78 is 0. The first-order valence-electron chi connectivity index (χ1n) is 8.36. The Balaban J connectivity index is 1.54. The Hall–Kier alpha value is -1.40. The molecule has 2 aliphatic rings. The summed E-state index contributed by atoms with van der Waals surface area (Å²) >= 11 is 1.67. The SMILES string of the molecule is Cc1cc(C(=O)N2CCN(C(C)C(=O)NC3CC3)CC2)c(C)s1. The molecule has 5 nitrogen and oxygen atoms in total. The first-order chi connectivity index (χ1) is 11.0. The predicted octanol–water partition coefficient (Wildman–Crippen LogP) is 1.79. The third-order valence-corrected chi connectivity index (χ3v) is 5.69. The van der Waals surface area contributed by atoms with E-state index in [0.717, 1.165) is 36.4 Å². The summed E-state index contributed by atoms with van der Waals surface area (Å²) in [7, 11) is 0. The van der Waals surface area contributed by atoms with Crippen LogP contribution < -0.4 is 5.32 Å². The van der Waals surface area contributed by atoms with Crippen LogP contribution in [-0.4, -0.2) is 59.9 Å². The molecule has 0 spiro atoms. The monoisotopic (exact) mass is 335 g/mol. The van der Waals surface area contributed by atoms with Crippen LogP contribution in [0.4, 0.5) is 0 Å². The molecular formula is C17H25N3O2S. The van der Waals surface area contributed by atoms with Crippen LogP contribution >= 0.6 is 11.3 Å². The summed E-state index contributed by atoms with van der Waals surface area (Å²) in [4.78, 5) is 31.1. The highest BCUT2D eigenvalue weighted by Crippen LogP contribution is 2.23. The van der Waals surface area contributed by atoms with Crippen LogP contribution in [0.1, 0.15) is 39.9 Å². The first-order valence-corrected chi connectivity index (χ1v) is 9.18. The van der Waals surface area contributed by atoms with Crippen molar-refractivity contribution >= 4 is 23.2 Å². The largest absolute Gasteiger partial charge is 0.352 e. The highest BCUT2D eigenvalue weighted by atomic mass is 32.1. The molecule has 1 aliphatic carbocycles. The van der Waals surface area contributed by atoms with E-state index in [1.807, 2.05) is 31.7 Å². The molecule has 1 saturated heterocycles. The van der Waals surface area contributed by atoms with Gasteiger partial charge in [0.05, 0.1) is 11.6 Å². The van der Waals surface area contributed by atoms with Gasteiger partial charge in [0.15, 0.2) is 0 Å². The van der Waals surface area contributed by atoms with Crippen LogP contribution in [0.15, 0.2) is 6.07 Å². The molecule has 0 bridgehead atoms. The molecule has 1 saturated carbocycles. The van der Waals surface area contributed by atoms with Gasteiger partial charge in [-0.2, -0.15) is 0 Å². The van der Waals surface area contributed by atoms with E-state index in [4.69, 9.17) is 0 Å². The molecule has 23 heavy (non-hydrogen) atoms. The number of carbonyl (C=O) groups is 2. The minimum absolute atomic E-state index is 0.113. The summed E-state index contributed by atoms with van der Waals surface area (Å²) in [6.45, 7) is 8.89. The molecule has 1 atom stereocenters. The summed E-state index contributed by atoms with van der Waals surface area (Å²) in [6, 6.07) is 2.27. The molecule has 0 aromatic carbocycles. The fourth-order valence-electron chi connectivity index (χ4n) is 3.04. The Morgan fingerprint density at radius 1 is 1.22 bits per heavy atom. The van der Waals surface area contributed by atoms with Crippen molar-refractivity contribution in [1.82, 2.24) is 15.1 Å². The summed E-state index contributed by atoms with van der Waals surface area (Å²) in [5.74, 6) is 0.248. The van der Waals surface area contributed by atoms with E-state index >= 15 is 0 Å². The van der Waals surface area contributed by atoms with Gasteiger partial charge in [-0.15, -0.1) is 11.3 Å². The fraction of sp³-hybridized carbons (Fsp3) is 0.647. The van der Waals surface area contributed by atoms with E-state index < -0.39 is 0 Å². The van der Waals surface area contributed by atoms with Crippen LogP contribution in [0, 0.1) is 13.8 Å². The number of aryl methyl sites for hydroxylation is 2. The van der Waals surface area contributed by atoms with Crippen molar-refractivity contribution in [3.05, 3.63) is 21.4 Å². The smallest absolute Gasteiger partial charge is 0.255 e. The van der Waals surface area contributed by atoms with Crippen molar-refractivity contribution in [3.8, 4) is 0 Å². The average Bonchev–Trinajstić information content (AvgIpc) is 3.28. The van der Waals surface area contributed by atoms with Crippen molar-refractivity contribution in [2.45, 2.75) is 45.7 Å². The number of rotatable bonds is 4. The lowest BCUT2D eigenvalue weighted by Crippen LogP contribution is -2.55. The van der Waals surface area contributed by atoms with Gasteiger partial charge in [0.25, 0.3) is 5.91 Å². The number of hydrogen-bond acceptors (Lipinski definition) is 4. The second-order valence-corrected chi connectivity index (χ2v) is 8.07. The van der Waals surface area contributed by atoms with E-state index in [9.17, 15) is 9.59 Å². The van der Waals surface area contributed by atoms with Crippen LogP contribution in [0.5, 0.6) is 0 Å². The molecule has 126 valence electrons. The quantitative estimate of drug-likeness (QED) is 0.913. The fourth-order valence-corrected chi connectivity index (χ4v) is 3.96. The van der Waals surface area contributed by atoms with Gasteiger partial charge in [-0.3, -0.25) is 14.5 Å². The summed E-state index contributed by atoms with van der Waals surface area (Å²) in [5.41, 5.74) is 0.834. The lowest BCUT2D eigenvalue weighted by atomic mass is 10.1. The molecule has 1 unspecified atom stereocenters. The Labute approximate surface area is 141 Å². The van der Waals surface area contributed by atoms with Crippen LogP contribution in [-0.2, 0) is 4.79 Å². The van der Waals surface area contributed by atoms with Crippen molar-refractivity contribution < 1.29 is 9.59 Å². The average molecular weight is 335 g/mol. The third kappa shape index (κ3) is 3.75. The molecule has 1 aliphatic heterocycles. The van der Waals surface area contributed by atoms with E-state index in [-0.39, 0.29) is 17.9 Å². The van der Waals surface area contributed by atoms with Gasteiger partial charge in [-0.25, -0.2) is 0 Å². The number of carbonyl (C=O) groups excluding carboxylic acids is 2. The van der Waals surface area contributed by atoms with Gasteiger partial charge in [-0.1, -0.05) is 0 Å². The molecule has 0 radical (unpaired) electrons. The molecule has 1 aromatic rings. The lowest BCUT2D eigenvalue weighted by Gasteiger charge is -2.37. The lowest BCUT2D eigenvalue weighted by molar-refractivity contribution is -0.126. The molecule has 1 N–H and O–H groups in total. The molecular weight excluding hydrogens is 310 g/mol. The number of piperazine rings is 1. The zero-order valence-corrected chi connectivity index (χ0v) is 14.9. The van der Waals surface area contributed by atoms with Crippen molar-refractivity contribution in [2.75, 3.05) is 26.2 Å². The van der Waals surface area contributed by atoms with Crippen LogP contribution in [0.25, 0.3) is 0 Å². The minimum atomic E-state index is -0.113. The van der Waals surface area contributed by atoms with E-state index in [0.29, 0.717) is 19.1 Å². The molecule has 1 aromatic heterocycles.